The number of hydrogen-bond acceptors (Lipinski definition) is 3. The molecule has 1 aromatic rings. The second kappa shape index (κ2) is 5.47. The predicted octanol–water partition coefficient (Wildman–Crippen LogP) is 1.81. The maximum Gasteiger partial charge on any atom is 0.211 e. The highest BCUT2D eigenvalue weighted by Gasteiger charge is 2.22. The van der Waals surface area contributed by atoms with Crippen molar-refractivity contribution in [2.45, 2.75) is 6.42 Å². The molecule has 4 nitrogen and oxygen atoms in total. The normalized spacial score (nSPS) is 18.7. The summed E-state index contributed by atoms with van der Waals surface area (Å²) in [5.74, 6) is 0. The first kappa shape index (κ1) is 13.6. The van der Waals surface area contributed by atoms with Gasteiger partial charge in [-0.05, 0) is 18.6 Å². The fraction of sp³-hybridized carbons (Fsp3) is 0.500. The SMILES string of the molecule is CS(=O)(=O)N1CCCN(c2ccccc2Cl)CC1. The van der Waals surface area contributed by atoms with Crippen molar-refractivity contribution in [3.8, 4) is 0 Å². The van der Waals surface area contributed by atoms with E-state index in [1.165, 1.54) is 10.6 Å². The van der Waals surface area contributed by atoms with Crippen molar-refractivity contribution in [1.29, 1.82) is 0 Å². The molecule has 0 spiro atoms. The van der Waals surface area contributed by atoms with Gasteiger partial charge in [-0.15, -0.1) is 0 Å². The topological polar surface area (TPSA) is 40.6 Å². The summed E-state index contributed by atoms with van der Waals surface area (Å²) < 4.78 is 24.6. The number of benzene rings is 1. The van der Waals surface area contributed by atoms with Gasteiger partial charge >= 0.3 is 0 Å². The Morgan fingerprint density at radius 1 is 1.11 bits per heavy atom. The lowest BCUT2D eigenvalue weighted by molar-refractivity contribution is 0.437. The highest BCUT2D eigenvalue weighted by atomic mass is 35.5. The molecule has 1 heterocycles. The number of nitrogens with zero attached hydrogens (tertiary/aromatic N) is 2. The van der Waals surface area contributed by atoms with Crippen LogP contribution in [0.5, 0.6) is 0 Å². The van der Waals surface area contributed by atoms with Crippen molar-refractivity contribution in [1.82, 2.24) is 4.31 Å². The molecule has 0 aliphatic carbocycles. The van der Waals surface area contributed by atoms with Gasteiger partial charge in [-0.3, -0.25) is 0 Å². The molecular formula is C12H17ClN2O2S. The summed E-state index contributed by atoms with van der Waals surface area (Å²) >= 11 is 6.16. The zero-order valence-corrected chi connectivity index (χ0v) is 11.9. The molecule has 1 fully saturated rings. The van der Waals surface area contributed by atoms with Gasteiger partial charge in [0, 0.05) is 26.2 Å². The Labute approximate surface area is 113 Å². The molecule has 1 aliphatic heterocycles. The summed E-state index contributed by atoms with van der Waals surface area (Å²) in [6.45, 7) is 2.61. The van der Waals surface area contributed by atoms with Crippen LogP contribution in [0.4, 0.5) is 5.69 Å². The van der Waals surface area contributed by atoms with Crippen LogP contribution in [0, 0.1) is 0 Å². The van der Waals surface area contributed by atoms with Crippen LogP contribution in [0.2, 0.25) is 5.02 Å². The van der Waals surface area contributed by atoms with E-state index in [1.807, 2.05) is 24.3 Å². The Bertz CT molecular complexity index is 519. The minimum absolute atomic E-state index is 0.518. The van der Waals surface area contributed by atoms with Gasteiger partial charge in [-0.1, -0.05) is 23.7 Å². The molecule has 0 unspecified atom stereocenters. The summed E-state index contributed by atoms with van der Waals surface area (Å²) in [4.78, 5) is 2.15. The van der Waals surface area contributed by atoms with E-state index in [-0.39, 0.29) is 0 Å². The van der Waals surface area contributed by atoms with E-state index in [1.54, 1.807) is 0 Å². The van der Waals surface area contributed by atoms with Gasteiger partial charge in [-0.25, -0.2) is 12.7 Å². The Hall–Kier alpha value is -0.780. The lowest BCUT2D eigenvalue weighted by atomic mass is 10.2. The molecule has 6 heteroatoms. The smallest absolute Gasteiger partial charge is 0.211 e. The largest absolute Gasteiger partial charge is 0.369 e. The van der Waals surface area contributed by atoms with Crippen molar-refractivity contribution >= 4 is 27.3 Å². The molecule has 1 saturated heterocycles. The molecule has 0 N–H and O–H groups in total. The summed E-state index contributed by atoms with van der Waals surface area (Å²) in [5, 5.41) is 0.713. The van der Waals surface area contributed by atoms with E-state index in [0.29, 0.717) is 24.7 Å². The van der Waals surface area contributed by atoms with Crippen molar-refractivity contribution in [2.75, 3.05) is 37.3 Å². The van der Waals surface area contributed by atoms with Crippen LogP contribution in [0.15, 0.2) is 24.3 Å². The number of anilines is 1. The second-order valence-electron chi connectivity index (χ2n) is 4.45. The number of sulfonamides is 1. The monoisotopic (exact) mass is 288 g/mol. The van der Waals surface area contributed by atoms with Gasteiger partial charge in [0.05, 0.1) is 17.0 Å². The molecule has 0 radical (unpaired) electrons. The molecule has 18 heavy (non-hydrogen) atoms. The van der Waals surface area contributed by atoms with Crippen LogP contribution < -0.4 is 4.90 Å². The van der Waals surface area contributed by atoms with Crippen molar-refractivity contribution in [3.63, 3.8) is 0 Å². The second-order valence-corrected chi connectivity index (χ2v) is 6.84. The third-order valence-electron chi connectivity index (χ3n) is 3.12. The van der Waals surface area contributed by atoms with Gasteiger partial charge in [0.25, 0.3) is 0 Å². The number of rotatable bonds is 2. The van der Waals surface area contributed by atoms with E-state index >= 15 is 0 Å². The molecule has 0 amide bonds. The average Bonchev–Trinajstić information content (AvgIpc) is 2.54. The maximum atomic E-state index is 11.5. The molecule has 0 atom stereocenters. The molecule has 1 aromatic carbocycles. The Morgan fingerprint density at radius 3 is 2.50 bits per heavy atom. The van der Waals surface area contributed by atoms with E-state index in [4.69, 9.17) is 11.6 Å². The number of halogens is 1. The van der Waals surface area contributed by atoms with Gasteiger partial charge in [0.15, 0.2) is 0 Å². The molecule has 0 saturated carbocycles. The number of para-hydroxylation sites is 1. The van der Waals surface area contributed by atoms with Crippen molar-refractivity contribution < 1.29 is 8.42 Å². The van der Waals surface area contributed by atoms with Crippen LogP contribution in [0.25, 0.3) is 0 Å². The van der Waals surface area contributed by atoms with Gasteiger partial charge < -0.3 is 4.90 Å². The maximum absolute atomic E-state index is 11.5. The van der Waals surface area contributed by atoms with Crippen LogP contribution in [-0.4, -0.2) is 45.2 Å². The predicted molar refractivity (Wildman–Crippen MR) is 74.7 cm³/mol. The van der Waals surface area contributed by atoms with Crippen molar-refractivity contribution in [3.05, 3.63) is 29.3 Å². The molecule has 100 valence electrons. The Kier molecular flexibility index (Phi) is 4.14. The highest BCUT2D eigenvalue weighted by molar-refractivity contribution is 7.88. The average molecular weight is 289 g/mol. The van der Waals surface area contributed by atoms with Crippen LogP contribution in [0.3, 0.4) is 0 Å². The first-order valence-electron chi connectivity index (χ1n) is 5.93. The highest BCUT2D eigenvalue weighted by Crippen LogP contribution is 2.26. The first-order chi connectivity index (χ1) is 8.48. The van der Waals surface area contributed by atoms with Crippen molar-refractivity contribution in [2.24, 2.45) is 0 Å². The van der Waals surface area contributed by atoms with Gasteiger partial charge in [0.1, 0.15) is 0 Å². The van der Waals surface area contributed by atoms with Crippen LogP contribution >= 0.6 is 11.6 Å². The molecule has 0 bridgehead atoms. The lowest BCUT2D eigenvalue weighted by Crippen LogP contribution is -2.34. The summed E-state index contributed by atoms with van der Waals surface area (Å²) in [6, 6.07) is 7.67. The Morgan fingerprint density at radius 2 is 1.83 bits per heavy atom. The van der Waals surface area contributed by atoms with Gasteiger partial charge in [-0.2, -0.15) is 0 Å². The lowest BCUT2D eigenvalue weighted by Gasteiger charge is -2.24. The summed E-state index contributed by atoms with van der Waals surface area (Å²) in [5.41, 5.74) is 0.981. The number of hydrogen-bond donors (Lipinski definition) is 0. The zero-order valence-electron chi connectivity index (χ0n) is 10.3. The quantitative estimate of drug-likeness (QED) is 0.833. The van der Waals surface area contributed by atoms with E-state index in [9.17, 15) is 8.42 Å². The van der Waals surface area contributed by atoms with E-state index in [2.05, 4.69) is 4.90 Å². The standard InChI is InChI=1S/C12H17ClN2O2S/c1-18(16,17)15-8-4-7-14(9-10-15)12-6-3-2-5-11(12)13/h2-3,5-6H,4,7-10H2,1H3. The minimum Gasteiger partial charge on any atom is -0.369 e. The van der Waals surface area contributed by atoms with Crippen LogP contribution in [0.1, 0.15) is 6.42 Å². The molecule has 0 aromatic heterocycles. The first-order valence-corrected chi connectivity index (χ1v) is 8.16. The summed E-state index contributed by atoms with van der Waals surface area (Å²) in [6.07, 6.45) is 2.08. The summed E-state index contributed by atoms with van der Waals surface area (Å²) in [7, 11) is -3.09. The minimum atomic E-state index is -3.09. The van der Waals surface area contributed by atoms with Gasteiger partial charge in [0.2, 0.25) is 10.0 Å². The zero-order chi connectivity index (χ0) is 13.2. The Balaban J connectivity index is 2.13. The molecule has 1 aliphatic rings. The third-order valence-corrected chi connectivity index (χ3v) is 4.74. The van der Waals surface area contributed by atoms with Crippen LogP contribution in [-0.2, 0) is 10.0 Å². The van der Waals surface area contributed by atoms with E-state index in [0.717, 1.165) is 18.7 Å². The fourth-order valence-corrected chi connectivity index (χ4v) is 3.30. The fourth-order valence-electron chi connectivity index (χ4n) is 2.17. The molecule has 2 rings (SSSR count). The van der Waals surface area contributed by atoms with E-state index < -0.39 is 10.0 Å². The third kappa shape index (κ3) is 3.16. The molecular weight excluding hydrogens is 272 g/mol.